The fourth-order valence-electron chi connectivity index (χ4n) is 1.90. The van der Waals surface area contributed by atoms with Crippen LogP contribution in [-0.2, 0) is 9.05 Å². The van der Waals surface area contributed by atoms with Gasteiger partial charge in [0.2, 0.25) is 0 Å². The molecule has 1 aromatic rings. The fraction of sp³-hybridized carbons (Fsp3) is 0.500. The zero-order chi connectivity index (χ0) is 13.1. The monoisotopic (exact) mass is 276 g/mol. The minimum atomic E-state index is -3.77. The van der Waals surface area contributed by atoms with Gasteiger partial charge < -0.3 is 4.74 Å². The van der Waals surface area contributed by atoms with Crippen LogP contribution < -0.4 is 4.74 Å². The smallest absolute Gasteiger partial charge is 0.264 e. The Bertz CT molecular complexity index is 479. The Morgan fingerprint density at radius 3 is 2.29 bits per heavy atom. The molecule has 17 heavy (non-hydrogen) atoms. The van der Waals surface area contributed by atoms with Gasteiger partial charge in [-0.1, -0.05) is 19.9 Å². The average Bonchev–Trinajstić information content (AvgIpc) is 2.29. The Morgan fingerprint density at radius 2 is 1.88 bits per heavy atom. The predicted octanol–water partition coefficient (Wildman–Crippen LogP) is 3.53. The maximum Gasteiger partial charge on any atom is 0.264 e. The van der Waals surface area contributed by atoms with Crippen molar-refractivity contribution in [2.45, 2.75) is 37.5 Å². The Morgan fingerprint density at radius 1 is 1.29 bits per heavy atom. The number of hydrogen-bond acceptors (Lipinski definition) is 3. The second-order valence-corrected chi connectivity index (χ2v) is 6.40. The average molecular weight is 277 g/mol. The summed E-state index contributed by atoms with van der Waals surface area (Å²) in [6.07, 6.45) is 1.93. The summed E-state index contributed by atoms with van der Waals surface area (Å²) < 4.78 is 27.9. The van der Waals surface area contributed by atoms with E-state index < -0.39 is 9.05 Å². The number of benzene rings is 1. The molecule has 0 aliphatic heterocycles. The van der Waals surface area contributed by atoms with Gasteiger partial charge in [-0.2, -0.15) is 0 Å². The summed E-state index contributed by atoms with van der Waals surface area (Å²) in [5.74, 6) is 0.632. The zero-order valence-electron chi connectivity index (χ0n) is 10.2. The quantitative estimate of drug-likeness (QED) is 0.773. The lowest BCUT2D eigenvalue weighted by Crippen LogP contribution is -2.01. The molecule has 0 amide bonds. The van der Waals surface area contributed by atoms with Crippen LogP contribution in [0, 0.1) is 0 Å². The van der Waals surface area contributed by atoms with Crippen LogP contribution in [0.25, 0.3) is 0 Å². The van der Waals surface area contributed by atoms with E-state index in [1.165, 1.54) is 7.11 Å². The predicted molar refractivity (Wildman–Crippen MR) is 69.4 cm³/mol. The lowest BCUT2D eigenvalue weighted by molar-refractivity contribution is 0.402. The number of rotatable bonds is 5. The molecular weight excluding hydrogens is 260 g/mol. The van der Waals surface area contributed by atoms with Crippen molar-refractivity contribution in [2.24, 2.45) is 0 Å². The molecule has 0 aliphatic carbocycles. The van der Waals surface area contributed by atoms with Crippen LogP contribution in [0.15, 0.2) is 23.1 Å². The van der Waals surface area contributed by atoms with E-state index in [4.69, 9.17) is 15.4 Å². The molecule has 3 nitrogen and oxygen atoms in total. The molecule has 0 unspecified atom stereocenters. The van der Waals surface area contributed by atoms with Crippen LogP contribution in [0.3, 0.4) is 0 Å². The van der Waals surface area contributed by atoms with Crippen molar-refractivity contribution in [3.63, 3.8) is 0 Å². The van der Waals surface area contributed by atoms with Crippen LogP contribution >= 0.6 is 10.7 Å². The molecule has 96 valence electrons. The summed E-state index contributed by atoms with van der Waals surface area (Å²) in [5.41, 5.74) is 0.982. The highest BCUT2D eigenvalue weighted by Crippen LogP contribution is 2.32. The van der Waals surface area contributed by atoms with Gasteiger partial charge in [0.05, 0.1) is 7.11 Å². The molecule has 1 rings (SSSR count). The van der Waals surface area contributed by atoms with E-state index in [1.54, 1.807) is 12.1 Å². The van der Waals surface area contributed by atoms with Gasteiger partial charge in [0, 0.05) is 10.7 Å². The standard InChI is InChI=1S/C12H17ClO3S/c1-4-9(5-2)10-6-7-11(16-3)12(8-10)17(13,14)15/h6-9H,4-5H2,1-3H3. The Kier molecular flexibility index (Phi) is 4.83. The van der Waals surface area contributed by atoms with Crippen LogP contribution in [0.5, 0.6) is 5.75 Å². The molecule has 1 aromatic carbocycles. The largest absolute Gasteiger partial charge is 0.495 e. The first kappa shape index (κ1) is 14.3. The molecular formula is C12H17ClO3S. The van der Waals surface area contributed by atoms with Crippen LogP contribution in [-0.4, -0.2) is 15.5 Å². The van der Waals surface area contributed by atoms with E-state index in [2.05, 4.69) is 13.8 Å². The fourth-order valence-corrected chi connectivity index (χ4v) is 2.93. The lowest BCUT2D eigenvalue weighted by Gasteiger charge is -2.15. The van der Waals surface area contributed by atoms with Gasteiger partial charge >= 0.3 is 0 Å². The number of methoxy groups -OCH3 is 1. The van der Waals surface area contributed by atoms with Crippen LogP contribution in [0.4, 0.5) is 0 Å². The third-order valence-corrected chi connectivity index (χ3v) is 4.25. The van der Waals surface area contributed by atoms with E-state index >= 15 is 0 Å². The first-order chi connectivity index (χ1) is 7.93. The molecule has 0 saturated heterocycles. The van der Waals surface area contributed by atoms with Crippen molar-refractivity contribution in [3.8, 4) is 5.75 Å². The third-order valence-electron chi connectivity index (χ3n) is 2.91. The maximum absolute atomic E-state index is 11.4. The van der Waals surface area contributed by atoms with Crippen molar-refractivity contribution >= 4 is 19.7 Å². The Balaban J connectivity index is 3.32. The summed E-state index contributed by atoms with van der Waals surface area (Å²) in [6.45, 7) is 4.15. The third kappa shape index (κ3) is 3.36. The van der Waals surface area contributed by atoms with Crippen molar-refractivity contribution in [3.05, 3.63) is 23.8 Å². The normalized spacial score (nSPS) is 11.8. The molecule has 5 heteroatoms. The minimum absolute atomic E-state index is 0.0473. The van der Waals surface area contributed by atoms with Gasteiger partial charge in [-0.3, -0.25) is 0 Å². The van der Waals surface area contributed by atoms with Crippen LogP contribution in [0.2, 0.25) is 0 Å². The number of ether oxygens (including phenoxy) is 1. The topological polar surface area (TPSA) is 43.4 Å². The first-order valence-corrected chi connectivity index (χ1v) is 7.87. The Labute approximate surface area is 107 Å². The molecule has 0 heterocycles. The van der Waals surface area contributed by atoms with Gasteiger partial charge in [-0.15, -0.1) is 0 Å². The molecule has 0 spiro atoms. The maximum atomic E-state index is 11.4. The Hall–Kier alpha value is -0.740. The van der Waals surface area contributed by atoms with E-state index in [-0.39, 0.29) is 10.6 Å². The highest BCUT2D eigenvalue weighted by molar-refractivity contribution is 8.13. The summed E-state index contributed by atoms with van der Waals surface area (Å²) in [6, 6.07) is 5.16. The summed E-state index contributed by atoms with van der Waals surface area (Å²) >= 11 is 0. The first-order valence-electron chi connectivity index (χ1n) is 5.56. The lowest BCUT2D eigenvalue weighted by atomic mass is 9.94. The van der Waals surface area contributed by atoms with Crippen molar-refractivity contribution in [1.82, 2.24) is 0 Å². The van der Waals surface area contributed by atoms with Crippen molar-refractivity contribution in [2.75, 3.05) is 7.11 Å². The minimum Gasteiger partial charge on any atom is -0.495 e. The summed E-state index contributed by atoms with van der Waals surface area (Å²) in [7, 11) is 3.06. The van der Waals surface area contributed by atoms with E-state index in [0.717, 1.165) is 18.4 Å². The van der Waals surface area contributed by atoms with Gasteiger partial charge in [-0.05, 0) is 36.5 Å². The summed E-state index contributed by atoms with van der Waals surface area (Å²) in [5, 5.41) is 0. The van der Waals surface area contributed by atoms with Gasteiger partial charge in [-0.25, -0.2) is 8.42 Å². The van der Waals surface area contributed by atoms with Gasteiger partial charge in [0.15, 0.2) is 0 Å². The molecule has 0 aliphatic rings. The highest BCUT2D eigenvalue weighted by atomic mass is 35.7. The van der Waals surface area contributed by atoms with Crippen LogP contribution in [0.1, 0.15) is 38.2 Å². The second kappa shape index (κ2) is 5.74. The molecule has 0 aromatic heterocycles. The van der Waals surface area contributed by atoms with Crippen molar-refractivity contribution < 1.29 is 13.2 Å². The molecule has 0 saturated carbocycles. The molecule has 0 fully saturated rings. The molecule has 0 atom stereocenters. The zero-order valence-corrected chi connectivity index (χ0v) is 11.8. The van der Waals surface area contributed by atoms with E-state index in [9.17, 15) is 8.42 Å². The van der Waals surface area contributed by atoms with E-state index in [1.807, 2.05) is 6.07 Å². The summed E-state index contributed by atoms with van der Waals surface area (Å²) in [4.78, 5) is 0.0473. The number of halogens is 1. The SMILES string of the molecule is CCC(CC)c1ccc(OC)c(S(=O)(=O)Cl)c1. The van der Waals surface area contributed by atoms with E-state index in [0.29, 0.717) is 5.92 Å². The molecule has 0 N–H and O–H groups in total. The molecule has 0 bridgehead atoms. The van der Waals surface area contributed by atoms with Gasteiger partial charge in [0.1, 0.15) is 10.6 Å². The highest BCUT2D eigenvalue weighted by Gasteiger charge is 2.19. The second-order valence-electron chi connectivity index (χ2n) is 3.86. The number of hydrogen-bond donors (Lipinski definition) is 0. The van der Waals surface area contributed by atoms with Crippen molar-refractivity contribution in [1.29, 1.82) is 0 Å². The van der Waals surface area contributed by atoms with Gasteiger partial charge in [0.25, 0.3) is 9.05 Å². The molecule has 0 radical (unpaired) electrons.